The van der Waals surface area contributed by atoms with Gasteiger partial charge in [-0.05, 0) is 40.5 Å². The predicted octanol–water partition coefficient (Wildman–Crippen LogP) is 3.13. The number of benzene rings is 3. The molecule has 2 amide bonds. The third-order valence-electron chi connectivity index (χ3n) is 7.18. The van der Waals surface area contributed by atoms with Crippen molar-refractivity contribution in [2.24, 2.45) is 11.8 Å². The summed E-state index contributed by atoms with van der Waals surface area (Å²) in [5.41, 5.74) is 2.12. The van der Waals surface area contributed by atoms with Gasteiger partial charge in [0.2, 0.25) is 11.8 Å². The fourth-order valence-electron chi connectivity index (χ4n) is 6.04. The van der Waals surface area contributed by atoms with E-state index in [4.69, 9.17) is 0 Å². The largest absolute Gasteiger partial charge is 0.733 e. The summed E-state index contributed by atoms with van der Waals surface area (Å²) in [7, 11) is 0. The molecule has 0 saturated carbocycles. The second kappa shape index (κ2) is 6.35. The van der Waals surface area contributed by atoms with Gasteiger partial charge in [0.25, 0.3) is 0 Å². The van der Waals surface area contributed by atoms with Gasteiger partial charge in [0.05, 0.1) is 28.6 Å². The van der Waals surface area contributed by atoms with E-state index in [0.29, 0.717) is 0 Å². The molecule has 0 unspecified atom stereocenters. The van der Waals surface area contributed by atoms with Gasteiger partial charge >= 0.3 is 0 Å². The highest BCUT2D eigenvalue weighted by atomic mass is 16.8. The van der Waals surface area contributed by atoms with E-state index >= 15 is 0 Å². The molecule has 0 radical (unpaired) electrons. The maximum atomic E-state index is 13.8. The van der Waals surface area contributed by atoms with Crippen LogP contribution in [-0.4, -0.2) is 23.3 Å². The first-order chi connectivity index (χ1) is 15.5. The molecule has 7 rings (SSSR count). The van der Waals surface area contributed by atoms with Crippen LogP contribution in [0.5, 0.6) is 0 Å². The molecule has 1 saturated heterocycles. The van der Waals surface area contributed by atoms with Crippen LogP contribution < -0.4 is 10.1 Å². The van der Waals surface area contributed by atoms with Gasteiger partial charge in [-0.3, -0.25) is 14.8 Å². The highest BCUT2D eigenvalue weighted by Crippen LogP contribution is 2.63. The van der Waals surface area contributed by atoms with E-state index in [-0.39, 0.29) is 22.5 Å². The predicted molar refractivity (Wildman–Crippen MR) is 115 cm³/mol. The number of carbonyl (C=O) groups excluding carboxylic acids is 3. The molecule has 2 bridgehead atoms. The molecule has 3 aliphatic carbocycles. The molecular weight excluding hydrogens is 408 g/mol. The number of rotatable bonds is 3. The zero-order valence-electron chi connectivity index (χ0n) is 16.7. The maximum Gasteiger partial charge on any atom is 0.239 e. The van der Waals surface area contributed by atoms with Crippen molar-refractivity contribution < 1.29 is 19.6 Å². The molecule has 1 aliphatic heterocycles. The van der Waals surface area contributed by atoms with E-state index in [2.05, 4.69) is 0 Å². The van der Waals surface area contributed by atoms with Crippen LogP contribution in [0.15, 0.2) is 72.8 Å². The molecule has 7 heteroatoms. The number of aldehydes is 1. The third-order valence-corrected chi connectivity index (χ3v) is 7.18. The lowest BCUT2D eigenvalue weighted by Crippen LogP contribution is -2.54. The van der Waals surface area contributed by atoms with Crippen LogP contribution in [0.25, 0.3) is 0 Å². The van der Waals surface area contributed by atoms with E-state index in [9.17, 15) is 24.8 Å². The zero-order valence-corrected chi connectivity index (χ0v) is 16.7. The Morgan fingerprint density at radius 2 is 1.53 bits per heavy atom. The molecule has 158 valence electrons. The molecule has 0 spiro atoms. The average Bonchev–Trinajstić information content (AvgIpc) is 3.10. The van der Waals surface area contributed by atoms with Crippen LogP contribution >= 0.6 is 0 Å². The van der Waals surface area contributed by atoms with Crippen LogP contribution in [-0.2, 0) is 19.8 Å². The van der Waals surface area contributed by atoms with Crippen LogP contribution in [0.1, 0.15) is 28.2 Å². The number of carbonyl (C=O) groups is 3. The summed E-state index contributed by atoms with van der Waals surface area (Å²) in [5.74, 6) is -2.86. The topological polar surface area (TPSA) is 101 Å². The van der Waals surface area contributed by atoms with E-state index in [1.54, 1.807) is 0 Å². The number of amides is 2. The molecule has 3 aromatic rings. The lowest BCUT2D eigenvalue weighted by atomic mass is 9.48. The summed E-state index contributed by atoms with van der Waals surface area (Å²) < 4.78 is 0. The summed E-state index contributed by atoms with van der Waals surface area (Å²) in [6, 6.07) is 20.7. The Morgan fingerprint density at radius 3 is 2.12 bits per heavy atom. The Bertz CT molecular complexity index is 1270. The molecule has 7 nitrogen and oxygen atoms in total. The van der Waals surface area contributed by atoms with Crippen LogP contribution in [0.4, 0.5) is 11.4 Å². The minimum absolute atomic E-state index is 0.0994. The van der Waals surface area contributed by atoms with E-state index in [1.165, 1.54) is 24.3 Å². The van der Waals surface area contributed by atoms with Crippen LogP contribution in [0.2, 0.25) is 0 Å². The number of hydrogen-bond acceptors (Lipinski definition) is 6. The SMILES string of the molecule is O=CC12c3ccccc3C(c3ccccc31)[C@H]1C(=O)N(c3cccc(N([O-])O)c3)C(=O)[C@H]12. The van der Waals surface area contributed by atoms with E-state index in [1.807, 2.05) is 48.5 Å². The lowest BCUT2D eigenvalue weighted by Gasteiger charge is -2.51. The Hall–Kier alpha value is -3.81. The van der Waals surface area contributed by atoms with Crippen molar-refractivity contribution in [2.45, 2.75) is 11.3 Å². The first-order valence-corrected chi connectivity index (χ1v) is 10.3. The second-order valence-electron chi connectivity index (χ2n) is 8.45. The van der Waals surface area contributed by atoms with Gasteiger partial charge in [-0.25, -0.2) is 4.90 Å². The van der Waals surface area contributed by atoms with Gasteiger partial charge in [-0.2, -0.15) is 0 Å². The van der Waals surface area contributed by atoms with Gasteiger partial charge in [0.15, 0.2) is 0 Å². The van der Waals surface area contributed by atoms with Gasteiger partial charge in [-0.15, -0.1) is 0 Å². The lowest BCUT2D eigenvalue weighted by molar-refractivity contribution is -0.128. The number of hydrogen-bond donors (Lipinski definition) is 1. The molecule has 2 atom stereocenters. The Labute approximate surface area is 183 Å². The number of imide groups is 1. The first kappa shape index (κ1) is 18.9. The van der Waals surface area contributed by atoms with Gasteiger partial charge < -0.3 is 15.2 Å². The summed E-state index contributed by atoms with van der Waals surface area (Å²) in [4.78, 5) is 41.5. The summed E-state index contributed by atoms with van der Waals surface area (Å²) in [6.45, 7) is 0. The summed E-state index contributed by atoms with van der Waals surface area (Å²) in [5, 5.41) is 20.3. The van der Waals surface area contributed by atoms with E-state index < -0.39 is 29.1 Å². The summed E-state index contributed by atoms with van der Waals surface area (Å²) in [6.07, 6.45) is 0.815. The smallest absolute Gasteiger partial charge is 0.239 e. The number of anilines is 2. The molecule has 1 fully saturated rings. The highest BCUT2D eigenvalue weighted by molar-refractivity contribution is 6.25. The highest BCUT2D eigenvalue weighted by Gasteiger charge is 2.68. The summed E-state index contributed by atoms with van der Waals surface area (Å²) >= 11 is 0. The molecule has 1 heterocycles. The quantitative estimate of drug-likeness (QED) is 0.393. The van der Waals surface area contributed by atoms with Crippen LogP contribution in [0, 0.1) is 17.0 Å². The minimum atomic E-state index is -1.27. The standard InChI is InChI=1S/C25H17N2O5/c28-13-25-18-10-3-1-8-16(18)20(17-9-2-4-11-19(17)25)21-22(25)24(30)26(23(21)29)14-6-5-7-15(12-14)27(31)32/h1-13,20-22,31H/q-1/t20?,21-,22+,25?/m1/s1. The fraction of sp³-hybridized carbons (Fsp3) is 0.160. The zero-order chi connectivity index (χ0) is 22.2. The molecular formula is C25H17N2O5-. The average molecular weight is 425 g/mol. The van der Waals surface area contributed by atoms with Gasteiger partial charge in [0, 0.05) is 5.92 Å². The van der Waals surface area contributed by atoms with Crippen molar-refractivity contribution in [3.63, 3.8) is 0 Å². The van der Waals surface area contributed by atoms with Gasteiger partial charge in [0.1, 0.15) is 6.29 Å². The maximum absolute atomic E-state index is 13.8. The molecule has 3 aromatic carbocycles. The monoisotopic (exact) mass is 425 g/mol. The molecule has 0 aromatic heterocycles. The normalized spacial score (nSPS) is 27.1. The van der Waals surface area contributed by atoms with Crippen molar-refractivity contribution in [1.29, 1.82) is 0 Å². The Balaban J connectivity index is 1.61. The molecule has 32 heavy (non-hydrogen) atoms. The van der Waals surface area contributed by atoms with Crippen molar-refractivity contribution >= 4 is 29.5 Å². The number of nitrogens with zero attached hydrogens (tertiary/aromatic N) is 2. The van der Waals surface area contributed by atoms with Crippen molar-refractivity contribution in [2.75, 3.05) is 10.1 Å². The second-order valence-corrected chi connectivity index (χ2v) is 8.45. The van der Waals surface area contributed by atoms with Crippen molar-refractivity contribution in [3.8, 4) is 0 Å². The third kappa shape index (κ3) is 2.09. The van der Waals surface area contributed by atoms with Crippen molar-refractivity contribution in [3.05, 3.63) is 100 Å². The van der Waals surface area contributed by atoms with Crippen LogP contribution in [0.3, 0.4) is 0 Å². The molecule has 4 aliphatic rings. The Morgan fingerprint density at radius 1 is 0.906 bits per heavy atom. The Kier molecular flexibility index (Phi) is 3.75. The minimum Gasteiger partial charge on any atom is -0.733 e. The van der Waals surface area contributed by atoms with Gasteiger partial charge in [-0.1, -0.05) is 54.6 Å². The van der Waals surface area contributed by atoms with Crippen molar-refractivity contribution in [1.82, 2.24) is 0 Å². The molecule has 1 N–H and O–H groups in total. The first-order valence-electron chi connectivity index (χ1n) is 10.3. The van der Waals surface area contributed by atoms with E-state index in [0.717, 1.165) is 33.4 Å². The fourth-order valence-corrected chi connectivity index (χ4v) is 6.04.